The Hall–Kier alpha value is -0.630. The van der Waals surface area contributed by atoms with Gasteiger partial charge in [-0.3, -0.25) is 4.90 Å². The molecule has 1 aliphatic rings. The van der Waals surface area contributed by atoms with Gasteiger partial charge in [0.1, 0.15) is 0 Å². The van der Waals surface area contributed by atoms with Gasteiger partial charge in [0, 0.05) is 33.4 Å². The number of likely N-dealkylation sites (tertiary alicyclic amines) is 1. The quantitative estimate of drug-likeness (QED) is 0.682. The highest BCUT2D eigenvalue weighted by atomic mass is 16.5. The molecule has 1 fully saturated rings. The average molecular weight is 212 g/mol. The van der Waals surface area contributed by atoms with E-state index in [0.29, 0.717) is 12.5 Å². The topological polar surface area (TPSA) is 45.5 Å². The molecule has 0 aromatic heterocycles. The van der Waals surface area contributed by atoms with E-state index in [2.05, 4.69) is 17.9 Å². The Kier molecular flexibility index (Phi) is 5.03. The second-order valence-electron chi connectivity index (χ2n) is 3.93. The van der Waals surface area contributed by atoms with Crippen molar-refractivity contribution in [2.75, 3.05) is 27.3 Å². The zero-order valence-electron chi connectivity index (χ0n) is 9.77. The molecule has 0 aliphatic carbocycles. The zero-order valence-corrected chi connectivity index (χ0v) is 9.77. The molecule has 1 rings (SSSR count). The lowest BCUT2D eigenvalue weighted by Gasteiger charge is -2.24. The predicted octanol–water partition coefficient (Wildman–Crippen LogP) is 1.02. The fourth-order valence-electron chi connectivity index (χ4n) is 2.16. The van der Waals surface area contributed by atoms with E-state index in [1.165, 1.54) is 0 Å². The fourth-order valence-corrected chi connectivity index (χ4v) is 2.16. The van der Waals surface area contributed by atoms with Gasteiger partial charge in [-0.1, -0.05) is 6.92 Å². The minimum Gasteiger partial charge on any atom is -0.377 e. The van der Waals surface area contributed by atoms with Crippen molar-refractivity contribution in [1.82, 2.24) is 4.90 Å². The minimum atomic E-state index is 0.141. The molecule has 0 aromatic rings. The third-order valence-electron chi connectivity index (χ3n) is 3.16. The molecule has 0 radical (unpaired) electrons. The molecule has 0 amide bonds. The first-order valence-electron chi connectivity index (χ1n) is 5.43. The third-order valence-corrected chi connectivity index (χ3v) is 3.16. The Morgan fingerprint density at radius 3 is 2.20 bits per heavy atom. The largest absolute Gasteiger partial charge is 0.377 e. The lowest BCUT2D eigenvalue weighted by Crippen LogP contribution is -2.33. The maximum absolute atomic E-state index is 8.74. The first kappa shape index (κ1) is 12.4. The lowest BCUT2D eigenvalue weighted by atomic mass is 10.1. The Labute approximate surface area is 91.8 Å². The molecule has 0 spiro atoms. The summed E-state index contributed by atoms with van der Waals surface area (Å²) in [4.78, 5) is 2.30. The first-order valence-corrected chi connectivity index (χ1v) is 5.43. The van der Waals surface area contributed by atoms with Crippen molar-refractivity contribution in [3.05, 3.63) is 0 Å². The van der Waals surface area contributed by atoms with Crippen LogP contribution in [0.5, 0.6) is 0 Å². The summed E-state index contributed by atoms with van der Waals surface area (Å²) in [5, 5.41) is 8.74. The summed E-state index contributed by atoms with van der Waals surface area (Å²) in [7, 11) is 3.43. The van der Waals surface area contributed by atoms with Crippen LogP contribution in [-0.4, -0.2) is 50.5 Å². The number of nitrogens with zero attached hydrogens (tertiary/aromatic N) is 2. The summed E-state index contributed by atoms with van der Waals surface area (Å²) < 4.78 is 10.7. The van der Waals surface area contributed by atoms with Gasteiger partial charge in [0.2, 0.25) is 0 Å². The van der Waals surface area contributed by atoms with Crippen LogP contribution < -0.4 is 0 Å². The Bertz CT molecular complexity index is 215. The molecule has 1 aliphatic heterocycles. The molecule has 4 nitrogen and oxygen atoms in total. The maximum atomic E-state index is 8.74. The van der Waals surface area contributed by atoms with Crippen molar-refractivity contribution in [2.24, 2.45) is 0 Å². The van der Waals surface area contributed by atoms with E-state index in [9.17, 15) is 0 Å². The van der Waals surface area contributed by atoms with Crippen molar-refractivity contribution in [1.29, 1.82) is 5.26 Å². The van der Waals surface area contributed by atoms with Gasteiger partial charge >= 0.3 is 0 Å². The van der Waals surface area contributed by atoms with Gasteiger partial charge in [-0.25, -0.2) is 0 Å². The standard InChI is InChI=1S/C11H20N2O2/c1-4-9(5-6-12)13-7-10(14-2)11(8-13)15-3/h9-11H,4-5,7-8H2,1-3H3. The number of hydrogen-bond donors (Lipinski definition) is 0. The minimum absolute atomic E-state index is 0.141. The van der Waals surface area contributed by atoms with Gasteiger partial charge in [0.25, 0.3) is 0 Å². The molecule has 0 bridgehead atoms. The summed E-state index contributed by atoms with van der Waals surface area (Å²) in [6, 6.07) is 2.58. The molecule has 3 unspecified atom stereocenters. The third kappa shape index (κ3) is 2.91. The summed E-state index contributed by atoms with van der Waals surface area (Å²) in [6.07, 6.45) is 1.87. The SMILES string of the molecule is CCC(CC#N)N1CC(OC)C(OC)C1. The molecule has 86 valence electrons. The van der Waals surface area contributed by atoms with Crippen LogP contribution >= 0.6 is 0 Å². The molecule has 1 heterocycles. The fraction of sp³-hybridized carbons (Fsp3) is 0.909. The van der Waals surface area contributed by atoms with Crippen LogP contribution in [0.3, 0.4) is 0 Å². The Morgan fingerprint density at radius 1 is 1.33 bits per heavy atom. The average Bonchev–Trinajstić information content (AvgIpc) is 2.68. The van der Waals surface area contributed by atoms with Crippen LogP contribution in [0.1, 0.15) is 19.8 Å². The number of nitriles is 1. The summed E-state index contributed by atoms with van der Waals surface area (Å²) >= 11 is 0. The predicted molar refractivity (Wildman–Crippen MR) is 57.5 cm³/mol. The molecule has 3 atom stereocenters. The number of methoxy groups -OCH3 is 2. The first-order chi connectivity index (χ1) is 7.26. The highest BCUT2D eigenvalue weighted by Gasteiger charge is 2.35. The van der Waals surface area contributed by atoms with Crippen molar-refractivity contribution >= 4 is 0 Å². The van der Waals surface area contributed by atoms with E-state index in [1.54, 1.807) is 14.2 Å². The van der Waals surface area contributed by atoms with Crippen LogP contribution in [-0.2, 0) is 9.47 Å². The number of hydrogen-bond acceptors (Lipinski definition) is 4. The second kappa shape index (κ2) is 6.06. The molecular formula is C11H20N2O2. The van der Waals surface area contributed by atoms with Crippen LogP contribution in [0.2, 0.25) is 0 Å². The van der Waals surface area contributed by atoms with E-state index < -0.39 is 0 Å². The van der Waals surface area contributed by atoms with Gasteiger partial charge in [0.15, 0.2) is 0 Å². The van der Waals surface area contributed by atoms with E-state index in [0.717, 1.165) is 19.5 Å². The smallest absolute Gasteiger partial charge is 0.0971 e. The van der Waals surface area contributed by atoms with Crippen LogP contribution in [0.15, 0.2) is 0 Å². The van der Waals surface area contributed by atoms with Crippen LogP contribution in [0.25, 0.3) is 0 Å². The molecular weight excluding hydrogens is 192 g/mol. The van der Waals surface area contributed by atoms with Crippen molar-refractivity contribution in [3.63, 3.8) is 0 Å². The van der Waals surface area contributed by atoms with Crippen molar-refractivity contribution < 1.29 is 9.47 Å². The van der Waals surface area contributed by atoms with Crippen molar-refractivity contribution in [2.45, 2.75) is 38.0 Å². The molecule has 0 N–H and O–H groups in total. The summed E-state index contributed by atoms with van der Waals surface area (Å²) in [5.74, 6) is 0. The van der Waals surface area contributed by atoms with E-state index >= 15 is 0 Å². The lowest BCUT2D eigenvalue weighted by molar-refractivity contribution is -0.00461. The molecule has 1 saturated heterocycles. The van der Waals surface area contributed by atoms with Crippen LogP contribution in [0, 0.1) is 11.3 Å². The molecule has 15 heavy (non-hydrogen) atoms. The van der Waals surface area contributed by atoms with Gasteiger partial charge in [-0.15, -0.1) is 0 Å². The van der Waals surface area contributed by atoms with E-state index in [1.807, 2.05) is 0 Å². The summed E-state index contributed by atoms with van der Waals surface area (Å²) in [6.45, 7) is 3.86. The Balaban J connectivity index is 2.55. The van der Waals surface area contributed by atoms with Crippen LogP contribution in [0.4, 0.5) is 0 Å². The van der Waals surface area contributed by atoms with E-state index in [4.69, 9.17) is 14.7 Å². The monoisotopic (exact) mass is 212 g/mol. The number of ether oxygens (including phenoxy) is 2. The van der Waals surface area contributed by atoms with E-state index in [-0.39, 0.29) is 12.2 Å². The van der Waals surface area contributed by atoms with Gasteiger partial charge in [-0.2, -0.15) is 5.26 Å². The Morgan fingerprint density at radius 2 is 1.87 bits per heavy atom. The number of rotatable bonds is 5. The molecule has 4 heteroatoms. The van der Waals surface area contributed by atoms with Gasteiger partial charge in [-0.05, 0) is 6.42 Å². The summed E-state index contributed by atoms with van der Waals surface area (Å²) in [5.41, 5.74) is 0. The normalized spacial score (nSPS) is 28.9. The zero-order chi connectivity index (χ0) is 11.3. The maximum Gasteiger partial charge on any atom is 0.0971 e. The van der Waals surface area contributed by atoms with Gasteiger partial charge in [0.05, 0.1) is 24.7 Å². The highest BCUT2D eigenvalue weighted by Crippen LogP contribution is 2.20. The molecule has 0 aromatic carbocycles. The van der Waals surface area contributed by atoms with Crippen molar-refractivity contribution in [3.8, 4) is 6.07 Å². The second-order valence-corrected chi connectivity index (χ2v) is 3.93. The molecule has 0 saturated carbocycles. The highest BCUT2D eigenvalue weighted by molar-refractivity contribution is 4.92. The van der Waals surface area contributed by atoms with Gasteiger partial charge < -0.3 is 9.47 Å².